The van der Waals surface area contributed by atoms with E-state index in [1.54, 1.807) is 0 Å². The molecular formula is C15H34N2+2. The van der Waals surface area contributed by atoms with Crippen LogP contribution in [0, 0.1) is 0 Å². The smallest absolute Gasteiger partial charge is 0.0786 e. The molecule has 1 fully saturated rings. The van der Waals surface area contributed by atoms with E-state index in [0.717, 1.165) is 4.48 Å². The van der Waals surface area contributed by atoms with Crippen molar-refractivity contribution in [3.63, 3.8) is 0 Å². The van der Waals surface area contributed by atoms with Crippen molar-refractivity contribution in [2.75, 3.05) is 54.4 Å². The zero-order valence-electron chi connectivity index (χ0n) is 12.7. The Morgan fingerprint density at radius 1 is 0.824 bits per heavy atom. The van der Waals surface area contributed by atoms with Crippen LogP contribution < -0.4 is 0 Å². The van der Waals surface area contributed by atoms with Crippen LogP contribution in [0.25, 0.3) is 0 Å². The topological polar surface area (TPSA) is 0 Å². The van der Waals surface area contributed by atoms with Crippen LogP contribution in [0.3, 0.4) is 0 Å². The van der Waals surface area contributed by atoms with Crippen molar-refractivity contribution in [1.29, 1.82) is 0 Å². The van der Waals surface area contributed by atoms with Crippen LogP contribution in [-0.2, 0) is 0 Å². The van der Waals surface area contributed by atoms with E-state index in [9.17, 15) is 0 Å². The van der Waals surface area contributed by atoms with Crippen molar-refractivity contribution < 1.29 is 8.97 Å². The predicted octanol–water partition coefficient (Wildman–Crippen LogP) is 2.88. The van der Waals surface area contributed by atoms with Gasteiger partial charge in [0.05, 0.1) is 54.4 Å². The summed E-state index contributed by atoms with van der Waals surface area (Å²) in [6.45, 7) is 5.62. The van der Waals surface area contributed by atoms with Crippen LogP contribution in [-0.4, -0.2) is 63.3 Å². The maximum Gasteiger partial charge on any atom is 0.0786 e. The molecule has 2 heteroatoms. The van der Waals surface area contributed by atoms with Crippen molar-refractivity contribution in [2.45, 2.75) is 44.9 Å². The number of hydrogen-bond donors (Lipinski definition) is 0. The highest BCUT2D eigenvalue weighted by molar-refractivity contribution is 4.52. The van der Waals surface area contributed by atoms with Crippen LogP contribution in [0.2, 0.25) is 0 Å². The van der Waals surface area contributed by atoms with Crippen LogP contribution in [0.1, 0.15) is 44.9 Å². The summed E-state index contributed by atoms with van der Waals surface area (Å²) in [5, 5.41) is 0. The highest BCUT2D eigenvalue weighted by Gasteiger charge is 2.25. The molecule has 0 amide bonds. The lowest BCUT2D eigenvalue weighted by Gasteiger charge is -2.29. The van der Waals surface area contributed by atoms with Gasteiger partial charge in [-0.3, -0.25) is 0 Å². The van der Waals surface area contributed by atoms with Gasteiger partial charge in [0, 0.05) is 12.8 Å². The fraction of sp³-hybridized carbons (Fsp3) is 1.00. The minimum Gasteiger partial charge on any atom is -0.331 e. The van der Waals surface area contributed by atoms with E-state index in [-0.39, 0.29) is 0 Å². The predicted molar refractivity (Wildman–Crippen MR) is 76.0 cm³/mol. The van der Waals surface area contributed by atoms with Gasteiger partial charge in [-0.1, -0.05) is 6.42 Å². The Morgan fingerprint density at radius 3 is 1.94 bits per heavy atom. The third kappa shape index (κ3) is 7.05. The van der Waals surface area contributed by atoms with Gasteiger partial charge in [0.2, 0.25) is 0 Å². The molecule has 0 spiro atoms. The largest absolute Gasteiger partial charge is 0.331 e. The molecule has 1 aliphatic rings. The molecule has 1 aliphatic heterocycles. The fourth-order valence-corrected chi connectivity index (χ4v) is 2.93. The monoisotopic (exact) mass is 242 g/mol. The molecule has 0 aliphatic carbocycles. The van der Waals surface area contributed by atoms with Gasteiger partial charge in [-0.15, -0.1) is 0 Å². The van der Waals surface area contributed by atoms with Gasteiger partial charge in [-0.25, -0.2) is 0 Å². The first-order valence-electron chi connectivity index (χ1n) is 7.55. The molecule has 1 saturated heterocycles. The number of hydrogen-bond acceptors (Lipinski definition) is 0. The van der Waals surface area contributed by atoms with E-state index in [4.69, 9.17) is 0 Å². The van der Waals surface area contributed by atoms with Crippen molar-refractivity contribution in [1.82, 2.24) is 0 Å². The molecule has 0 aromatic rings. The second kappa shape index (κ2) is 6.75. The van der Waals surface area contributed by atoms with E-state index in [2.05, 4.69) is 28.2 Å². The summed E-state index contributed by atoms with van der Waals surface area (Å²) in [4.78, 5) is 0. The number of unbranched alkanes of at least 4 members (excludes halogenated alkanes) is 4. The second-order valence-electron chi connectivity index (χ2n) is 7.28. The lowest BCUT2D eigenvalue weighted by Crippen LogP contribution is -2.41. The lowest BCUT2D eigenvalue weighted by atomic mass is 10.1. The minimum absolute atomic E-state index is 1.12. The average Bonchev–Trinajstić information content (AvgIpc) is 2.62. The Kier molecular flexibility index (Phi) is 5.94. The summed E-state index contributed by atoms with van der Waals surface area (Å²) in [5.74, 6) is 0. The van der Waals surface area contributed by atoms with Crippen molar-refractivity contribution in [2.24, 2.45) is 0 Å². The molecule has 1 rings (SSSR count). The second-order valence-corrected chi connectivity index (χ2v) is 7.28. The Labute approximate surface area is 109 Å². The Balaban J connectivity index is 1.91. The summed E-state index contributed by atoms with van der Waals surface area (Å²) in [5.41, 5.74) is 0. The SMILES string of the molecule is C[N+](C)(C)CCCCCCC[N+]1(C)CCCC1. The maximum absolute atomic E-state index is 2.45. The van der Waals surface area contributed by atoms with Crippen molar-refractivity contribution >= 4 is 0 Å². The maximum atomic E-state index is 2.45. The van der Waals surface area contributed by atoms with Gasteiger partial charge in [-0.2, -0.15) is 0 Å². The summed E-state index contributed by atoms with van der Waals surface area (Å²) in [6.07, 6.45) is 10.1. The zero-order chi connectivity index (χ0) is 12.8. The molecule has 0 N–H and O–H groups in total. The molecule has 0 atom stereocenters. The molecule has 0 unspecified atom stereocenters. The van der Waals surface area contributed by atoms with Crippen LogP contribution in [0.15, 0.2) is 0 Å². The number of likely N-dealkylation sites (tertiary alicyclic amines) is 1. The lowest BCUT2D eigenvalue weighted by molar-refractivity contribution is -0.897. The summed E-state index contributed by atoms with van der Waals surface area (Å²) in [7, 11) is 9.32. The van der Waals surface area contributed by atoms with Crippen LogP contribution >= 0.6 is 0 Å². The first-order chi connectivity index (χ1) is 7.91. The van der Waals surface area contributed by atoms with Gasteiger partial charge in [0.25, 0.3) is 0 Å². The molecule has 0 radical (unpaired) electrons. The molecule has 2 nitrogen and oxygen atoms in total. The molecule has 102 valence electrons. The van der Waals surface area contributed by atoms with E-state index in [0.29, 0.717) is 0 Å². The molecule has 17 heavy (non-hydrogen) atoms. The number of quaternary nitrogens is 2. The first-order valence-corrected chi connectivity index (χ1v) is 7.55. The number of rotatable bonds is 8. The quantitative estimate of drug-likeness (QED) is 0.453. The third-order valence-electron chi connectivity index (χ3n) is 4.17. The van der Waals surface area contributed by atoms with E-state index in [1.807, 2.05) is 0 Å². The molecule has 0 bridgehead atoms. The normalized spacial score (nSPS) is 19.8. The van der Waals surface area contributed by atoms with Crippen molar-refractivity contribution in [3.05, 3.63) is 0 Å². The Hall–Kier alpha value is -0.0800. The van der Waals surface area contributed by atoms with Gasteiger partial charge in [-0.05, 0) is 25.7 Å². The summed E-state index contributed by atoms with van der Waals surface area (Å²) in [6, 6.07) is 0. The van der Waals surface area contributed by atoms with Gasteiger partial charge < -0.3 is 8.97 Å². The standard InChI is InChI=1S/C15H34N2/c1-16(2,3)12-8-6-5-7-9-13-17(4)14-10-11-15-17/h5-15H2,1-4H3/q+2. The molecule has 0 aromatic carbocycles. The van der Waals surface area contributed by atoms with Gasteiger partial charge in [0.15, 0.2) is 0 Å². The first kappa shape index (κ1) is 15.0. The zero-order valence-corrected chi connectivity index (χ0v) is 12.7. The third-order valence-corrected chi connectivity index (χ3v) is 4.17. The Bertz CT molecular complexity index is 199. The van der Waals surface area contributed by atoms with E-state index in [1.165, 1.54) is 75.6 Å². The van der Waals surface area contributed by atoms with Gasteiger partial charge in [0.1, 0.15) is 0 Å². The molecular weight excluding hydrogens is 208 g/mol. The van der Waals surface area contributed by atoms with Gasteiger partial charge >= 0.3 is 0 Å². The van der Waals surface area contributed by atoms with Crippen LogP contribution in [0.5, 0.6) is 0 Å². The molecule has 1 heterocycles. The van der Waals surface area contributed by atoms with E-state index >= 15 is 0 Å². The highest BCUT2D eigenvalue weighted by Crippen LogP contribution is 2.18. The highest BCUT2D eigenvalue weighted by atomic mass is 15.3. The van der Waals surface area contributed by atoms with E-state index < -0.39 is 0 Å². The van der Waals surface area contributed by atoms with Crippen molar-refractivity contribution in [3.8, 4) is 0 Å². The summed E-state index contributed by atoms with van der Waals surface area (Å²) < 4.78 is 2.48. The molecule has 0 aromatic heterocycles. The average molecular weight is 242 g/mol. The fourth-order valence-electron chi connectivity index (χ4n) is 2.93. The Morgan fingerprint density at radius 2 is 1.35 bits per heavy atom. The molecule has 0 saturated carbocycles. The summed E-state index contributed by atoms with van der Waals surface area (Å²) >= 11 is 0. The minimum atomic E-state index is 1.12. The van der Waals surface area contributed by atoms with Crippen LogP contribution in [0.4, 0.5) is 0 Å². The number of nitrogens with zero attached hydrogens (tertiary/aromatic N) is 2.